The van der Waals surface area contributed by atoms with E-state index in [0.717, 1.165) is 34.9 Å². The number of nitrogens with zero attached hydrogens (tertiary/aromatic N) is 3. The summed E-state index contributed by atoms with van der Waals surface area (Å²) in [5, 5.41) is 18.3. The number of imidazole rings is 1. The summed E-state index contributed by atoms with van der Waals surface area (Å²) in [6, 6.07) is 6.54. The quantitative estimate of drug-likeness (QED) is 0.494. The molecule has 0 amide bonds. The number of fused-ring (bicyclic) bond motifs is 1. The Morgan fingerprint density at radius 2 is 1.82 bits per heavy atom. The van der Waals surface area contributed by atoms with Crippen molar-refractivity contribution in [1.82, 2.24) is 14.4 Å². The largest absolute Gasteiger partial charge is 0.493 e. The van der Waals surface area contributed by atoms with Crippen LogP contribution < -0.4 is 5.73 Å². The number of carboxylic acids is 1. The standard InChI is InChI=1S/C13H19NO2.C9H7N3O5/c1-9-7-10(8-14)5-6-11(9)12(15)16-13(2,3)4;1-17-8(16)5-2-4(7(14)15)11-9-10-3-6(13)12(5)9/h5-7H,8,14H2,1-4H3;2-3,13H,1H3,(H,14,15). The van der Waals surface area contributed by atoms with Gasteiger partial charge in [0.15, 0.2) is 5.69 Å². The number of carboxylic acid groups (broad SMARTS) is 1. The number of hydrogen-bond donors (Lipinski definition) is 3. The van der Waals surface area contributed by atoms with E-state index in [9.17, 15) is 19.5 Å². The smallest absolute Gasteiger partial charge is 0.355 e. The zero-order valence-electron chi connectivity index (χ0n) is 18.9. The van der Waals surface area contributed by atoms with E-state index in [0.29, 0.717) is 12.1 Å². The van der Waals surface area contributed by atoms with Gasteiger partial charge in [-0.1, -0.05) is 12.1 Å². The summed E-state index contributed by atoms with van der Waals surface area (Å²) in [7, 11) is 1.14. The van der Waals surface area contributed by atoms with Gasteiger partial charge in [-0.15, -0.1) is 0 Å². The summed E-state index contributed by atoms with van der Waals surface area (Å²) in [6.45, 7) is 7.94. The number of carbonyl (C=O) groups excluding carboxylic acids is 2. The highest BCUT2D eigenvalue weighted by Gasteiger charge is 2.20. The summed E-state index contributed by atoms with van der Waals surface area (Å²) < 4.78 is 10.8. The number of nitrogens with two attached hydrogens (primary N) is 1. The van der Waals surface area contributed by atoms with Crippen LogP contribution in [0.4, 0.5) is 0 Å². The summed E-state index contributed by atoms with van der Waals surface area (Å²) in [4.78, 5) is 41.4. The Morgan fingerprint density at radius 1 is 1.15 bits per heavy atom. The highest BCUT2D eigenvalue weighted by atomic mass is 16.6. The number of aromatic carboxylic acids is 1. The van der Waals surface area contributed by atoms with Crippen LogP contribution >= 0.6 is 0 Å². The summed E-state index contributed by atoms with van der Waals surface area (Å²) >= 11 is 0. The fraction of sp³-hybridized carbons (Fsp3) is 0.318. The lowest BCUT2D eigenvalue weighted by atomic mass is 10.0. The van der Waals surface area contributed by atoms with Crippen LogP contribution in [-0.4, -0.2) is 55.2 Å². The van der Waals surface area contributed by atoms with E-state index in [4.69, 9.17) is 15.6 Å². The fourth-order valence-corrected chi connectivity index (χ4v) is 2.76. The van der Waals surface area contributed by atoms with Gasteiger partial charge in [-0.2, -0.15) is 0 Å². The van der Waals surface area contributed by atoms with Gasteiger partial charge in [-0.25, -0.2) is 28.8 Å². The lowest BCUT2D eigenvalue weighted by Gasteiger charge is -2.20. The molecule has 0 aliphatic carbocycles. The van der Waals surface area contributed by atoms with Crippen LogP contribution in [0, 0.1) is 6.92 Å². The van der Waals surface area contributed by atoms with Crippen molar-refractivity contribution >= 4 is 23.7 Å². The zero-order chi connectivity index (χ0) is 24.9. The van der Waals surface area contributed by atoms with Crippen LogP contribution in [0.15, 0.2) is 30.5 Å². The Bertz CT molecular complexity index is 1200. The fourth-order valence-electron chi connectivity index (χ4n) is 2.76. The van der Waals surface area contributed by atoms with E-state index in [1.807, 2.05) is 39.8 Å². The van der Waals surface area contributed by atoms with Gasteiger partial charge in [0.2, 0.25) is 11.7 Å². The van der Waals surface area contributed by atoms with Crippen molar-refractivity contribution in [2.24, 2.45) is 5.73 Å². The molecule has 2 heterocycles. The molecule has 33 heavy (non-hydrogen) atoms. The molecule has 3 rings (SSSR count). The number of benzene rings is 1. The molecule has 4 N–H and O–H groups in total. The molecule has 0 atom stereocenters. The van der Waals surface area contributed by atoms with E-state index in [2.05, 4.69) is 14.7 Å². The minimum absolute atomic E-state index is 0.0946. The molecule has 0 aliphatic rings. The second-order valence-electron chi connectivity index (χ2n) is 7.93. The van der Waals surface area contributed by atoms with Crippen molar-refractivity contribution in [3.05, 3.63) is 58.5 Å². The van der Waals surface area contributed by atoms with Crippen LogP contribution in [0.3, 0.4) is 0 Å². The molecular formula is C22H26N4O7. The number of ether oxygens (including phenoxy) is 2. The van der Waals surface area contributed by atoms with E-state index in [1.54, 1.807) is 6.07 Å². The topological polar surface area (TPSA) is 166 Å². The normalized spacial score (nSPS) is 10.8. The van der Waals surface area contributed by atoms with E-state index < -0.39 is 17.5 Å². The predicted octanol–water partition coefficient (Wildman–Crippen LogP) is 2.33. The molecule has 3 aromatic rings. The molecule has 0 saturated heterocycles. The first-order valence-corrected chi connectivity index (χ1v) is 9.80. The molecule has 0 bridgehead atoms. The highest BCUT2D eigenvalue weighted by Crippen LogP contribution is 2.17. The first-order valence-electron chi connectivity index (χ1n) is 9.80. The third-order valence-corrected chi connectivity index (χ3v) is 4.22. The molecule has 0 radical (unpaired) electrons. The molecule has 1 aromatic carbocycles. The SMILES string of the molecule is COC(=O)c1cc(C(=O)O)nc2ncc(O)n12.Cc1cc(CN)ccc1C(=O)OC(C)(C)C. The monoisotopic (exact) mass is 458 g/mol. The molecule has 11 nitrogen and oxygen atoms in total. The summed E-state index contributed by atoms with van der Waals surface area (Å²) in [5.74, 6) is -2.81. The molecule has 0 fully saturated rings. The first-order chi connectivity index (χ1) is 15.4. The number of aryl methyl sites for hydroxylation is 1. The maximum absolute atomic E-state index is 11.8. The molecule has 0 spiro atoms. The van der Waals surface area contributed by atoms with Crippen LogP contribution in [0.1, 0.15) is 63.2 Å². The van der Waals surface area contributed by atoms with Gasteiger partial charge in [0.05, 0.1) is 18.9 Å². The number of methoxy groups -OCH3 is 1. The van der Waals surface area contributed by atoms with E-state index in [1.165, 1.54) is 0 Å². The van der Waals surface area contributed by atoms with Crippen LogP contribution in [0.2, 0.25) is 0 Å². The third kappa shape index (κ3) is 6.26. The van der Waals surface area contributed by atoms with Crippen molar-refractivity contribution < 1.29 is 34.1 Å². The Kier molecular flexibility index (Phi) is 7.72. The number of carbonyl (C=O) groups is 3. The summed E-state index contributed by atoms with van der Waals surface area (Å²) in [5.41, 5.74) is 7.07. The van der Waals surface area contributed by atoms with Gasteiger partial charge < -0.3 is 25.4 Å². The van der Waals surface area contributed by atoms with Crippen molar-refractivity contribution in [3.63, 3.8) is 0 Å². The predicted molar refractivity (Wildman–Crippen MR) is 117 cm³/mol. The number of aromatic nitrogens is 3. The molecule has 0 saturated carbocycles. The van der Waals surface area contributed by atoms with Crippen LogP contribution in [-0.2, 0) is 16.0 Å². The van der Waals surface area contributed by atoms with Crippen molar-refractivity contribution in [2.45, 2.75) is 39.8 Å². The second-order valence-corrected chi connectivity index (χ2v) is 7.93. The number of aromatic hydroxyl groups is 1. The molecule has 11 heteroatoms. The third-order valence-electron chi connectivity index (χ3n) is 4.22. The molecule has 0 unspecified atom stereocenters. The van der Waals surface area contributed by atoms with Gasteiger partial charge >= 0.3 is 17.9 Å². The first kappa shape index (κ1) is 25.3. The Morgan fingerprint density at radius 3 is 2.33 bits per heavy atom. The number of rotatable bonds is 4. The number of hydrogen-bond acceptors (Lipinski definition) is 9. The average molecular weight is 458 g/mol. The lowest BCUT2D eigenvalue weighted by Crippen LogP contribution is -2.24. The van der Waals surface area contributed by atoms with Crippen molar-refractivity contribution in [3.8, 4) is 5.88 Å². The molecule has 0 aliphatic heterocycles. The maximum atomic E-state index is 11.8. The Labute approximate surface area is 189 Å². The van der Waals surface area contributed by atoms with Crippen LogP contribution in [0.25, 0.3) is 5.78 Å². The second kappa shape index (κ2) is 10.1. The Hall–Kier alpha value is -3.99. The van der Waals surface area contributed by atoms with Gasteiger partial charge in [0, 0.05) is 12.6 Å². The van der Waals surface area contributed by atoms with Gasteiger partial charge in [0.1, 0.15) is 11.3 Å². The van der Waals surface area contributed by atoms with Gasteiger partial charge in [-0.3, -0.25) is 0 Å². The number of esters is 2. The van der Waals surface area contributed by atoms with Crippen molar-refractivity contribution in [2.75, 3.05) is 7.11 Å². The zero-order valence-corrected chi connectivity index (χ0v) is 18.9. The molecule has 2 aromatic heterocycles. The minimum atomic E-state index is -1.31. The van der Waals surface area contributed by atoms with Gasteiger partial charge in [0.25, 0.3) is 0 Å². The highest BCUT2D eigenvalue weighted by molar-refractivity contribution is 5.93. The molecule has 176 valence electrons. The van der Waals surface area contributed by atoms with E-state index in [-0.39, 0.29) is 29.0 Å². The maximum Gasteiger partial charge on any atom is 0.355 e. The minimum Gasteiger partial charge on any atom is -0.493 e. The van der Waals surface area contributed by atoms with Gasteiger partial charge in [-0.05, 0) is 44.9 Å². The Balaban J connectivity index is 0.000000234. The average Bonchev–Trinajstić information content (AvgIpc) is 3.12. The van der Waals surface area contributed by atoms with E-state index >= 15 is 0 Å². The summed E-state index contributed by atoms with van der Waals surface area (Å²) in [6.07, 6.45) is 1.06. The van der Waals surface area contributed by atoms with Crippen molar-refractivity contribution in [1.29, 1.82) is 0 Å². The lowest BCUT2D eigenvalue weighted by molar-refractivity contribution is 0.00683. The molecular weight excluding hydrogens is 432 g/mol. The van der Waals surface area contributed by atoms with Crippen LogP contribution in [0.5, 0.6) is 5.88 Å².